The Bertz CT molecular complexity index is 1260. The van der Waals surface area contributed by atoms with Crippen molar-refractivity contribution in [3.05, 3.63) is 77.9 Å². The highest BCUT2D eigenvalue weighted by Gasteiger charge is 2.19. The lowest BCUT2D eigenvalue weighted by Gasteiger charge is -2.21. The minimum Gasteiger partial charge on any atom is -0.497 e. The number of hydrogen-bond donors (Lipinski definition) is 2. The van der Waals surface area contributed by atoms with E-state index in [1.807, 2.05) is 25.1 Å². The van der Waals surface area contributed by atoms with Crippen molar-refractivity contribution in [1.29, 1.82) is 0 Å². The Hall–Kier alpha value is -3.72. The van der Waals surface area contributed by atoms with Crippen LogP contribution in [0.3, 0.4) is 0 Å². The number of carbonyl (C=O) groups is 1. The van der Waals surface area contributed by atoms with Gasteiger partial charge in [-0.2, -0.15) is 0 Å². The van der Waals surface area contributed by atoms with Crippen LogP contribution >= 0.6 is 0 Å². The molecule has 0 bridgehead atoms. The van der Waals surface area contributed by atoms with Gasteiger partial charge in [0.05, 0.1) is 18.0 Å². The van der Waals surface area contributed by atoms with Crippen LogP contribution in [0, 0.1) is 0 Å². The van der Waals surface area contributed by atoms with Crippen molar-refractivity contribution in [2.24, 2.45) is 0 Å². The fraction of sp³-hybridized carbons (Fsp3) is 0.208. The first-order valence-electron chi connectivity index (χ1n) is 10.3. The molecule has 3 aromatic rings. The molecule has 8 nitrogen and oxygen atoms in total. The second-order valence-corrected chi connectivity index (χ2v) is 9.14. The van der Waals surface area contributed by atoms with Crippen molar-refractivity contribution >= 4 is 21.6 Å². The fourth-order valence-corrected chi connectivity index (χ4v) is 4.47. The van der Waals surface area contributed by atoms with Gasteiger partial charge < -0.3 is 19.5 Å². The quantitative estimate of drug-likeness (QED) is 0.547. The summed E-state index contributed by atoms with van der Waals surface area (Å²) in [5.74, 6) is 1.53. The Balaban J connectivity index is 1.47. The number of rotatable bonds is 7. The van der Waals surface area contributed by atoms with Gasteiger partial charge in [0.15, 0.2) is 11.5 Å². The summed E-state index contributed by atoms with van der Waals surface area (Å²) in [5, 5.41) is 2.90. The first-order valence-corrected chi connectivity index (χ1v) is 11.8. The van der Waals surface area contributed by atoms with Gasteiger partial charge in [0.2, 0.25) is 0 Å². The molecular formula is C24H24N2O6S. The van der Waals surface area contributed by atoms with Crippen LogP contribution in [0.25, 0.3) is 0 Å². The second kappa shape index (κ2) is 9.41. The maximum atomic E-state index is 12.8. The normalized spacial score (nSPS) is 13.6. The Kier molecular flexibility index (Phi) is 6.41. The van der Waals surface area contributed by atoms with Crippen LogP contribution in [0.5, 0.6) is 17.2 Å². The molecule has 1 amide bonds. The lowest BCUT2D eigenvalue weighted by atomic mass is 10.1. The molecule has 0 unspecified atom stereocenters. The van der Waals surface area contributed by atoms with E-state index < -0.39 is 10.0 Å². The van der Waals surface area contributed by atoms with E-state index in [1.54, 1.807) is 30.3 Å². The number of nitrogens with one attached hydrogen (secondary N) is 2. The summed E-state index contributed by atoms with van der Waals surface area (Å²) in [7, 11) is -2.35. The molecule has 33 heavy (non-hydrogen) atoms. The van der Waals surface area contributed by atoms with Gasteiger partial charge >= 0.3 is 0 Å². The Labute approximate surface area is 192 Å². The van der Waals surface area contributed by atoms with Crippen molar-refractivity contribution in [2.75, 3.05) is 25.0 Å². The predicted octanol–water partition coefficient (Wildman–Crippen LogP) is 3.76. The van der Waals surface area contributed by atoms with Crippen LogP contribution in [0.4, 0.5) is 5.69 Å². The number of hydrogen-bond acceptors (Lipinski definition) is 6. The lowest BCUT2D eigenvalue weighted by molar-refractivity contribution is 0.0939. The first-order chi connectivity index (χ1) is 15.9. The highest BCUT2D eigenvalue weighted by Crippen LogP contribution is 2.32. The number of fused-ring (bicyclic) bond motifs is 1. The largest absolute Gasteiger partial charge is 0.497 e. The van der Waals surface area contributed by atoms with Crippen molar-refractivity contribution in [3.63, 3.8) is 0 Å². The van der Waals surface area contributed by atoms with Crippen LogP contribution in [-0.4, -0.2) is 34.6 Å². The maximum absolute atomic E-state index is 12.8. The molecule has 172 valence electrons. The van der Waals surface area contributed by atoms with Gasteiger partial charge in [0.1, 0.15) is 19.0 Å². The smallest absolute Gasteiger partial charge is 0.261 e. The zero-order chi connectivity index (χ0) is 23.4. The minimum atomic E-state index is -3.88. The highest BCUT2D eigenvalue weighted by molar-refractivity contribution is 7.92. The van der Waals surface area contributed by atoms with Crippen LogP contribution in [0.1, 0.15) is 28.9 Å². The third kappa shape index (κ3) is 5.20. The van der Waals surface area contributed by atoms with E-state index in [4.69, 9.17) is 14.2 Å². The number of amides is 1. The molecule has 0 radical (unpaired) electrons. The number of carbonyl (C=O) groups excluding carboxylic acids is 1. The van der Waals surface area contributed by atoms with Gasteiger partial charge in [-0.25, -0.2) is 8.42 Å². The summed E-state index contributed by atoms with van der Waals surface area (Å²) < 4.78 is 44.3. The molecule has 3 aromatic carbocycles. The summed E-state index contributed by atoms with van der Waals surface area (Å²) in [6, 6.07) is 17.6. The van der Waals surface area contributed by atoms with Gasteiger partial charge in [0, 0.05) is 11.3 Å². The van der Waals surface area contributed by atoms with E-state index in [0.29, 0.717) is 36.1 Å². The van der Waals surface area contributed by atoms with E-state index >= 15 is 0 Å². The second-order valence-electron chi connectivity index (χ2n) is 7.46. The van der Waals surface area contributed by atoms with Gasteiger partial charge in [0.25, 0.3) is 15.9 Å². The first kappa shape index (κ1) is 22.5. The fourth-order valence-electron chi connectivity index (χ4n) is 3.37. The van der Waals surface area contributed by atoms with Crippen molar-refractivity contribution in [3.8, 4) is 17.2 Å². The van der Waals surface area contributed by atoms with Crippen LogP contribution < -0.4 is 24.2 Å². The molecule has 0 aliphatic carbocycles. The van der Waals surface area contributed by atoms with Crippen LogP contribution in [-0.2, 0) is 10.0 Å². The monoisotopic (exact) mass is 468 g/mol. The molecule has 1 aliphatic heterocycles. The van der Waals surface area contributed by atoms with Crippen molar-refractivity contribution in [2.45, 2.75) is 17.9 Å². The number of benzene rings is 3. The van der Waals surface area contributed by atoms with Crippen LogP contribution in [0.2, 0.25) is 0 Å². The summed E-state index contributed by atoms with van der Waals surface area (Å²) in [6.45, 7) is 2.82. The average Bonchev–Trinajstić information content (AvgIpc) is 2.84. The summed E-state index contributed by atoms with van der Waals surface area (Å²) in [6.07, 6.45) is 0. The molecule has 1 heterocycles. The zero-order valence-electron chi connectivity index (χ0n) is 18.2. The molecule has 9 heteroatoms. The Morgan fingerprint density at radius 3 is 2.42 bits per heavy atom. The minimum absolute atomic E-state index is 0.0158. The Morgan fingerprint density at radius 2 is 1.70 bits per heavy atom. The molecular weight excluding hydrogens is 444 g/mol. The summed E-state index contributed by atoms with van der Waals surface area (Å²) in [5.41, 5.74) is 1.47. The molecule has 1 aliphatic rings. The van der Waals surface area contributed by atoms with Gasteiger partial charge in [-0.3, -0.25) is 9.52 Å². The number of ether oxygens (including phenoxy) is 3. The predicted molar refractivity (Wildman–Crippen MR) is 124 cm³/mol. The number of methoxy groups -OCH3 is 1. The van der Waals surface area contributed by atoms with E-state index in [9.17, 15) is 13.2 Å². The SMILES string of the molecule is COc1ccc(NS(=O)(=O)c2cccc(C(=O)N[C@@H](C)c3ccc4c(c3)OCCO4)c2)cc1. The molecule has 0 spiro atoms. The van der Waals surface area contributed by atoms with E-state index in [0.717, 1.165) is 5.56 Å². The topological polar surface area (TPSA) is 103 Å². The average molecular weight is 469 g/mol. The lowest BCUT2D eigenvalue weighted by Crippen LogP contribution is -2.27. The highest BCUT2D eigenvalue weighted by atomic mass is 32.2. The van der Waals surface area contributed by atoms with E-state index in [2.05, 4.69) is 10.0 Å². The van der Waals surface area contributed by atoms with Gasteiger partial charge in [-0.15, -0.1) is 0 Å². The molecule has 4 rings (SSSR count). The molecule has 1 atom stereocenters. The van der Waals surface area contributed by atoms with Crippen LogP contribution in [0.15, 0.2) is 71.6 Å². The molecule has 0 fully saturated rings. The van der Waals surface area contributed by atoms with Gasteiger partial charge in [-0.1, -0.05) is 12.1 Å². The number of sulfonamides is 1. The van der Waals surface area contributed by atoms with Gasteiger partial charge in [-0.05, 0) is 67.1 Å². The third-order valence-corrected chi connectivity index (χ3v) is 6.54. The summed E-state index contributed by atoms with van der Waals surface area (Å²) in [4.78, 5) is 12.8. The zero-order valence-corrected chi connectivity index (χ0v) is 19.0. The third-order valence-electron chi connectivity index (χ3n) is 5.16. The van der Waals surface area contributed by atoms with E-state index in [-0.39, 0.29) is 22.4 Å². The molecule has 0 saturated heterocycles. The summed E-state index contributed by atoms with van der Waals surface area (Å²) >= 11 is 0. The molecule has 0 saturated carbocycles. The van der Waals surface area contributed by atoms with Crippen molar-refractivity contribution < 1.29 is 27.4 Å². The number of anilines is 1. The molecule has 0 aromatic heterocycles. The van der Waals surface area contributed by atoms with E-state index in [1.165, 1.54) is 25.3 Å². The molecule has 2 N–H and O–H groups in total. The Morgan fingerprint density at radius 1 is 0.970 bits per heavy atom. The maximum Gasteiger partial charge on any atom is 0.261 e. The van der Waals surface area contributed by atoms with Crippen molar-refractivity contribution in [1.82, 2.24) is 5.32 Å². The standard InChI is InChI=1S/C24H24N2O6S/c1-16(17-6-11-22-23(15-17)32-13-12-31-22)25-24(27)18-4-3-5-21(14-18)33(28,29)26-19-7-9-20(30-2)10-8-19/h3-11,14-16,26H,12-13H2,1-2H3,(H,25,27)/t16-/m0/s1.